The van der Waals surface area contributed by atoms with Gasteiger partial charge in [0.2, 0.25) is 0 Å². The number of hydrogen-bond donors (Lipinski definition) is 2. The van der Waals surface area contributed by atoms with Gasteiger partial charge in [0, 0.05) is 5.28 Å². The molecule has 2 N–H and O–H groups in total. The van der Waals surface area contributed by atoms with Crippen molar-refractivity contribution in [1.82, 2.24) is 11.0 Å². The first-order valence-corrected chi connectivity index (χ1v) is 2.80. The van der Waals surface area contributed by atoms with Gasteiger partial charge in [0.05, 0.1) is 6.20 Å². The van der Waals surface area contributed by atoms with Gasteiger partial charge in [-0.3, -0.25) is 5.43 Å². The van der Waals surface area contributed by atoms with Crippen LogP contribution in [-0.2, 0) is 9.68 Å². The summed E-state index contributed by atoms with van der Waals surface area (Å²) >= 11 is 0. The smallest absolute Gasteiger partial charge is 0.140 e. The fourth-order valence-corrected chi connectivity index (χ4v) is 0.374. The lowest BCUT2D eigenvalue weighted by Crippen LogP contribution is -2.17. The van der Waals surface area contributed by atoms with Gasteiger partial charge < -0.3 is 9.68 Å². The Labute approximate surface area is 57.8 Å². The van der Waals surface area contributed by atoms with E-state index in [0.29, 0.717) is 6.61 Å². The first-order chi connectivity index (χ1) is 5.00. The van der Waals surface area contributed by atoms with E-state index in [2.05, 4.69) is 31.1 Å². The third kappa shape index (κ3) is 2.88. The van der Waals surface area contributed by atoms with Crippen LogP contribution in [0.4, 0.5) is 0 Å². The Bertz CT molecular complexity index is 107. The Morgan fingerprint density at radius 1 is 1.50 bits per heavy atom. The Balaban J connectivity index is 0.0000001000. The van der Waals surface area contributed by atoms with E-state index in [1.807, 2.05) is 0 Å². The highest BCUT2D eigenvalue weighted by Crippen LogP contribution is 1.87. The maximum absolute atomic E-state index is 4.40. The summed E-state index contributed by atoms with van der Waals surface area (Å²) in [6.07, 6.45) is 3.17. The number of nitrogens with one attached hydrogen (secondary N) is 2. The third-order valence-electron chi connectivity index (χ3n) is 0.735. The van der Waals surface area contributed by atoms with Crippen LogP contribution in [0.25, 0.3) is 0 Å². The van der Waals surface area contributed by atoms with E-state index in [0.717, 1.165) is 6.54 Å². The van der Waals surface area contributed by atoms with Gasteiger partial charge in [-0.2, -0.15) is 5.11 Å². The summed E-state index contributed by atoms with van der Waals surface area (Å²) in [5.74, 6) is 0. The van der Waals surface area contributed by atoms with Crippen molar-refractivity contribution < 1.29 is 9.68 Å². The molecule has 6 heteroatoms. The summed E-state index contributed by atoms with van der Waals surface area (Å²) in [4.78, 5) is 8.81. The predicted octanol–water partition coefficient (Wildman–Crippen LogP) is -0.119. The zero-order chi connectivity index (χ0) is 7.07. The fourth-order valence-electron chi connectivity index (χ4n) is 0.374. The monoisotopic (exact) mass is 144 g/mol. The molecular weight excluding hydrogens is 136 g/mol. The summed E-state index contributed by atoms with van der Waals surface area (Å²) in [5.41, 5.74) is 4.93. The average molecular weight is 144 g/mol. The van der Waals surface area contributed by atoms with Crippen molar-refractivity contribution in [2.45, 2.75) is 0 Å². The highest BCUT2D eigenvalue weighted by molar-refractivity contribution is 4.69. The van der Waals surface area contributed by atoms with Gasteiger partial charge in [-0.15, -0.1) is 0 Å². The Morgan fingerprint density at radius 2 is 2.50 bits per heavy atom. The SMILES string of the molecule is C1=CONN1.C1CON=N1. The van der Waals surface area contributed by atoms with Crippen LogP contribution in [0.15, 0.2) is 22.9 Å². The number of rotatable bonds is 0. The lowest BCUT2D eigenvalue weighted by Gasteiger charge is -1.85. The molecule has 2 rings (SSSR count). The lowest BCUT2D eigenvalue weighted by molar-refractivity contribution is 0.137. The first kappa shape index (κ1) is 6.81. The zero-order valence-electron chi connectivity index (χ0n) is 5.28. The minimum Gasteiger partial charge on any atom is -0.395 e. The topological polar surface area (TPSA) is 67.2 Å². The van der Waals surface area contributed by atoms with Crippen LogP contribution in [-0.4, -0.2) is 13.2 Å². The molecule has 0 radical (unpaired) electrons. The van der Waals surface area contributed by atoms with E-state index >= 15 is 0 Å². The first-order valence-electron chi connectivity index (χ1n) is 2.80. The molecule has 0 aromatic rings. The van der Waals surface area contributed by atoms with Crippen LogP contribution in [0.2, 0.25) is 0 Å². The summed E-state index contributed by atoms with van der Waals surface area (Å²) in [5, 5.41) is 6.69. The maximum atomic E-state index is 4.40. The minimum absolute atomic E-state index is 0.667. The van der Waals surface area contributed by atoms with Crippen LogP contribution in [0, 0.1) is 0 Å². The van der Waals surface area contributed by atoms with Gasteiger partial charge >= 0.3 is 0 Å². The standard InChI is InChI=1S/2C2H4N2O/c2*1-2-5-4-3-1/h1-2H2;1-4H. The van der Waals surface area contributed by atoms with E-state index in [9.17, 15) is 0 Å². The molecule has 0 aromatic heterocycles. The summed E-state index contributed by atoms with van der Waals surface area (Å²) in [6.45, 7) is 1.40. The maximum Gasteiger partial charge on any atom is 0.140 e. The van der Waals surface area contributed by atoms with Gasteiger partial charge in [0.15, 0.2) is 0 Å². The highest BCUT2D eigenvalue weighted by Gasteiger charge is 1.87. The quantitative estimate of drug-likeness (QED) is 0.497. The number of hydrazine groups is 1. The van der Waals surface area contributed by atoms with E-state index in [-0.39, 0.29) is 0 Å². The molecule has 0 fully saturated rings. The van der Waals surface area contributed by atoms with Gasteiger partial charge in [-0.25, -0.2) is 0 Å². The Morgan fingerprint density at radius 3 is 2.70 bits per heavy atom. The lowest BCUT2D eigenvalue weighted by atomic mass is 10.8. The minimum atomic E-state index is 0.667. The van der Waals surface area contributed by atoms with Crippen molar-refractivity contribution in [3.8, 4) is 0 Å². The molecule has 0 aliphatic carbocycles. The Hall–Kier alpha value is -1.30. The van der Waals surface area contributed by atoms with Crippen molar-refractivity contribution in [3.05, 3.63) is 12.5 Å². The number of nitrogens with zero attached hydrogens (tertiary/aromatic N) is 2. The fraction of sp³-hybridized carbons (Fsp3) is 0.500. The van der Waals surface area contributed by atoms with Crippen molar-refractivity contribution in [1.29, 1.82) is 0 Å². The Kier molecular flexibility index (Phi) is 3.11. The van der Waals surface area contributed by atoms with Gasteiger partial charge in [0.1, 0.15) is 19.4 Å². The second-order valence-electron chi connectivity index (χ2n) is 1.45. The van der Waals surface area contributed by atoms with E-state index in [4.69, 9.17) is 0 Å². The van der Waals surface area contributed by atoms with Crippen LogP contribution in [0.1, 0.15) is 0 Å². The van der Waals surface area contributed by atoms with Crippen molar-refractivity contribution in [2.75, 3.05) is 13.2 Å². The van der Waals surface area contributed by atoms with Crippen LogP contribution in [0.5, 0.6) is 0 Å². The summed E-state index contributed by atoms with van der Waals surface area (Å²) in [7, 11) is 0. The van der Waals surface area contributed by atoms with Crippen molar-refractivity contribution >= 4 is 0 Å². The molecule has 10 heavy (non-hydrogen) atoms. The zero-order valence-corrected chi connectivity index (χ0v) is 5.28. The van der Waals surface area contributed by atoms with E-state index in [1.54, 1.807) is 6.20 Å². The third-order valence-corrected chi connectivity index (χ3v) is 0.735. The van der Waals surface area contributed by atoms with Gasteiger partial charge in [-0.05, 0) is 0 Å². The molecule has 0 saturated carbocycles. The van der Waals surface area contributed by atoms with E-state index in [1.165, 1.54) is 6.26 Å². The molecule has 0 aromatic carbocycles. The molecule has 2 aliphatic rings. The molecule has 6 nitrogen and oxygen atoms in total. The van der Waals surface area contributed by atoms with Crippen molar-refractivity contribution in [2.24, 2.45) is 10.4 Å². The summed E-state index contributed by atoms with van der Waals surface area (Å²) < 4.78 is 0. The molecule has 0 spiro atoms. The van der Waals surface area contributed by atoms with E-state index < -0.39 is 0 Å². The average Bonchev–Trinajstić information content (AvgIpc) is 2.67. The van der Waals surface area contributed by atoms with Gasteiger partial charge in [0.25, 0.3) is 0 Å². The molecule has 0 saturated heterocycles. The largest absolute Gasteiger partial charge is 0.395 e. The molecule has 0 atom stereocenters. The predicted molar refractivity (Wildman–Crippen MR) is 32.2 cm³/mol. The van der Waals surface area contributed by atoms with Crippen LogP contribution in [0.3, 0.4) is 0 Å². The van der Waals surface area contributed by atoms with Crippen LogP contribution < -0.4 is 11.0 Å². The molecule has 0 bridgehead atoms. The molecular formula is C4H8N4O2. The molecule has 56 valence electrons. The van der Waals surface area contributed by atoms with Gasteiger partial charge in [-0.1, -0.05) is 5.59 Å². The molecule has 0 unspecified atom stereocenters. The highest BCUT2D eigenvalue weighted by atomic mass is 16.7. The molecule has 0 amide bonds. The second kappa shape index (κ2) is 4.57. The number of hydrogen-bond acceptors (Lipinski definition) is 6. The second-order valence-corrected chi connectivity index (χ2v) is 1.45. The molecule has 2 heterocycles. The molecule has 2 aliphatic heterocycles. The summed E-state index contributed by atoms with van der Waals surface area (Å²) in [6, 6.07) is 0. The normalized spacial score (nSPS) is 18.4. The van der Waals surface area contributed by atoms with Crippen LogP contribution >= 0.6 is 0 Å². The van der Waals surface area contributed by atoms with Crippen molar-refractivity contribution in [3.63, 3.8) is 0 Å².